The largest absolute Gasteiger partial charge is 0.490 e. The first kappa shape index (κ1) is 12.2. The van der Waals surface area contributed by atoms with Crippen molar-refractivity contribution in [3.8, 4) is 5.75 Å². The van der Waals surface area contributed by atoms with Gasteiger partial charge >= 0.3 is 0 Å². The second kappa shape index (κ2) is 4.91. The van der Waals surface area contributed by atoms with Gasteiger partial charge in [-0.1, -0.05) is 0 Å². The lowest BCUT2D eigenvalue weighted by molar-refractivity contribution is 0.101. The maximum atomic E-state index is 11.5. The van der Waals surface area contributed by atoms with E-state index in [9.17, 15) is 4.79 Å². The standard InChI is InChI=1S/C15H20O2/c1-10-8-14(17-13-6-4-5-7-13)9-11(2)15(10)12(3)16/h8-9,13H,4-7H2,1-3H3. The zero-order valence-corrected chi connectivity index (χ0v) is 10.9. The summed E-state index contributed by atoms with van der Waals surface area (Å²) in [7, 11) is 0. The van der Waals surface area contributed by atoms with Crippen LogP contribution in [0, 0.1) is 13.8 Å². The summed E-state index contributed by atoms with van der Waals surface area (Å²) in [5, 5.41) is 0. The van der Waals surface area contributed by atoms with Crippen molar-refractivity contribution in [1.29, 1.82) is 0 Å². The molecule has 0 amide bonds. The lowest BCUT2D eigenvalue weighted by Crippen LogP contribution is -2.11. The summed E-state index contributed by atoms with van der Waals surface area (Å²) >= 11 is 0. The van der Waals surface area contributed by atoms with Crippen molar-refractivity contribution in [2.75, 3.05) is 0 Å². The molecule has 0 spiro atoms. The molecule has 92 valence electrons. The molecular weight excluding hydrogens is 212 g/mol. The van der Waals surface area contributed by atoms with E-state index in [0.717, 1.165) is 35.3 Å². The molecule has 0 aliphatic heterocycles. The monoisotopic (exact) mass is 232 g/mol. The van der Waals surface area contributed by atoms with Crippen LogP contribution < -0.4 is 4.74 Å². The SMILES string of the molecule is CC(=O)c1c(C)cc(OC2CCCC2)cc1C. The van der Waals surface area contributed by atoms with Gasteiger partial charge in [0.25, 0.3) is 0 Å². The number of aryl methyl sites for hydroxylation is 2. The van der Waals surface area contributed by atoms with Crippen LogP contribution in [-0.2, 0) is 0 Å². The van der Waals surface area contributed by atoms with Crippen LogP contribution in [0.1, 0.15) is 54.1 Å². The predicted octanol–water partition coefficient (Wildman–Crippen LogP) is 3.83. The highest BCUT2D eigenvalue weighted by Crippen LogP contribution is 2.27. The third-order valence-corrected chi connectivity index (χ3v) is 3.46. The Hall–Kier alpha value is -1.31. The molecule has 2 nitrogen and oxygen atoms in total. The van der Waals surface area contributed by atoms with Crippen LogP contribution in [0.25, 0.3) is 0 Å². The van der Waals surface area contributed by atoms with Gasteiger partial charge in [0.2, 0.25) is 0 Å². The number of ketones is 1. The quantitative estimate of drug-likeness (QED) is 0.740. The molecule has 2 heteroatoms. The average Bonchev–Trinajstić information content (AvgIpc) is 2.68. The van der Waals surface area contributed by atoms with E-state index in [1.807, 2.05) is 26.0 Å². The summed E-state index contributed by atoms with van der Waals surface area (Å²) in [5.74, 6) is 1.05. The second-order valence-corrected chi connectivity index (χ2v) is 5.01. The number of carbonyl (C=O) groups excluding carboxylic acids is 1. The Morgan fingerprint density at radius 2 is 1.71 bits per heavy atom. The fourth-order valence-electron chi connectivity index (χ4n) is 2.75. The van der Waals surface area contributed by atoms with E-state index in [1.165, 1.54) is 12.8 Å². The average molecular weight is 232 g/mol. The van der Waals surface area contributed by atoms with Gasteiger partial charge in [0, 0.05) is 5.56 Å². The lowest BCUT2D eigenvalue weighted by atomic mass is 9.99. The van der Waals surface area contributed by atoms with Crippen molar-refractivity contribution in [2.24, 2.45) is 0 Å². The molecule has 0 saturated heterocycles. The van der Waals surface area contributed by atoms with E-state index in [1.54, 1.807) is 6.92 Å². The van der Waals surface area contributed by atoms with Gasteiger partial charge in [-0.15, -0.1) is 0 Å². The summed E-state index contributed by atoms with van der Waals surface area (Å²) in [6.07, 6.45) is 5.23. The molecule has 1 aromatic carbocycles. The van der Waals surface area contributed by atoms with E-state index < -0.39 is 0 Å². The summed E-state index contributed by atoms with van der Waals surface area (Å²) < 4.78 is 5.96. The van der Waals surface area contributed by atoms with E-state index in [2.05, 4.69) is 0 Å². The van der Waals surface area contributed by atoms with Gasteiger partial charge in [-0.2, -0.15) is 0 Å². The molecular formula is C15H20O2. The Balaban J connectivity index is 2.22. The first-order valence-corrected chi connectivity index (χ1v) is 6.37. The molecule has 0 atom stereocenters. The van der Waals surface area contributed by atoms with Crippen molar-refractivity contribution in [3.05, 3.63) is 28.8 Å². The van der Waals surface area contributed by atoms with Crippen LogP contribution >= 0.6 is 0 Å². The minimum atomic E-state index is 0.132. The minimum Gasteiger partial charge on any atom is -0.490 e. The van der Waals surface area contributed by atoms with Crippen LogP contribution in [0.5, 0.6) is 5.75 Å². The fourth-order valence-corrected chi connectivity index (χ4v) is 2.75. The topological polar surface area (TPSA) is 26.3 Å². The van der Waals surface area contributed by atoms with E-state index in [0.29, 0.717) is 6.10 Å². The van der Waals surface area contributed by atoms with Crippen LogP contribution in [0.4, 0.5) is 0 Å². The van der Waals surface area contributed by atoms with Gasteiger partial charge in [-0.05, 0) is 69.7 Å². The molecule has 0 N–H and O–H groups in total. The summed E-state index contributed by atoms with van der Waals surface area (Å²) in [6, 6.07) is 3.98. The Bertz CT molecular complexity index is 406. The highest BCUT2D eigenvalue weighted by molar-refractivity contribution is 5.97. The number of Topliss-reactive ketones (excluding diaryl/α,β-unsaturated/α-hetero) is 1. The molecule has 1 aliphatic carbocycles. The van der Waals surface area contributed by atoms with Crippen molar-refractivity contribution >= 4 is 5.78 Å². The van der Waals surface area contributed by atoms with E-state index >= 15 is 0 Å². The van der Waals surface area contributed by atoms with Crippen molar-refractivity contribution in [1.82, 2.24) is 0 Å². The molecule has 2 rings (SSSR count). The number of ether oxygens (including phenoxy) is 1. The van der Waals surface area contributed by atoms with Gasteiger partial charge in [0.05, 0.1) is 6.10 Å². The highest BCUT2D eigenvalue weighted by Gasteiger charge is 2.17. The maximum Gasteiger partial charge on any atom is 0.160 e. The Morgan fingerprint density at radius 3 is 2.18 bits per heavy atom. The van der Waals surface area contributed by atoms with Crippen LogP contribution in [0.15, 0.2) is 12.1 Å². The predicted molar refractivity (Wildman–Crippen MR) is 68.8 cm³/mol. The minimum absolute atomic E-state index is 0.132. The smallest absolute Gasteiger partial charge is 0.160 e. The van der Waals surface area contributed by atoms with Gasteiger partial charge in [-0.3, -0.25) is 4.79 Å². The second-order valence-electron chi connectivity index (χ2n) is 5.01. The van der Waals surface area contributed by atoms with Crippen molar-refractivity contribution in [3.63, 3.8) is 0 Å². The van der Waals surface area contributed by atoms with Gasteiger partial charge in [0.1, 0.15) is 5.75 Å². The Morgan fingerprint density at radius 1 is 1.18 bits per heavy atom. The summed E-state index contributed by atoms with van der Waals surface area (Å²) in [4.78, 5) is 11.5. The van der Waals surface area contributed by atoms with Gasteiger partial charge in [0.15, 0.2) is 5.78 Å². The molecule has 0 heterocycles. The third kappa shape index (κ3) is 2.68. The van der Waals surface area contributed by atoms with E-state index in [-0.39, 0.29) is 5.78 Å². The molecule has 0 bridgehead atoms. The molecule has 1 saturated carbocycles. The Labute approximate surface area is 103 Å². The van der Waals surface area contributed by atoms with Crippen LogP contribution in [-0.4, -0.2) is 11.9 Å². The lowest BCUT2D eigenvalue weighted by Gasteiger charge is -2.16. The zero-order valence-electron chi connectivity index (χ0n) is 10.9. The number of hydrogen-bond donors (Lipinski definition) is 0. The van der Waals surface area contributed by atoms with Crippen LogP contribution in [0.2, 0.25) is 0 Å². The van der Waals surface area contributed by atoms with Crippen LogP contribution in [0.3, 0.4) is 0 Å². The number of benzene rings is 1. The van der Waals surface area contributed by atoms with Crippen molar-refractivity contribution in [2.45, 2.75) is 52.6 Å². The molecule has 1 fully saturated rings. The summed E-state index contributed by atoms with van der Waals surface area (Å²) in [5.41, 5.74) is 2.87. The maximum absolute atomic E-state index is 11.5. The fraction of sp³-hybridized carbons (Fsp3) is 0.533. The van der Waals surface area contributed by atoms with Gasteiger partial charge < -0.3 is 4.74 Å². The molecule has 0 radical (unpaired) electrons. The molecule has 0 unspecified atom stereocenters. The number of hydrogen-bond acceptors (Lipinski definition) is 2. The third-order valence-electron chi connectivity index (χ3n) is 3.46. The molecule has 1 aromatic rings. The Kier molecular flexibility index (Phi) is 3.51. The first-order valence-electron chi connectivity index (χ1n) is 6.37. The first-order chi connectivity index (χ1) is 8.08. The molecule has 17 heavy (non-hydrogen) atoms. The normalized spacial score (nSPS) is 16.2. The van der Waals surface area contributed by atoms with Gasteiger partial charge in [-0.25, -0.2) is 0 Å². The number of rotatable bonds is 3. The molecule has 0 aromatic heterocycles. The van der Waals surface area contributed by atoms with E-state index in [4.69, 9.17) is 4.74 Å². The zero-order chi connectivity index (χ0) is 12.4. The summed E-state index contributed by atoms with van der Waals surface area (Å²) in [6.45, 7) is 5.57. The molecule has 1 aliphatic rings. The number of carbonyl (C=O) groups is 1. The van der Waals surface area contributed by atoms with Crippen molar-refractivity contribution < 1.29 is 9.53 Å². The highest BCUT2D eigenvalue weighted by atomic mass is 16.5.